The van der Waals surface area contributed by atoms with Crippen molar-refractivity contribution < 1.29 is 28.6 Å². The molecule has 0 rings (SSSR count). The second-order valence-electron chi connectivity index (χ2n) is 19.9. The highest BCUT2D eigenvalue weighted by Crippen LogP contribution is 2.15. The van der Waals surface area contributed by atoms with Crippen molar-refractivity contribution in [1.82, 2.24) is 0 Å². The van der Waals surface area contributed by atoms with Crippen molar-refractivity contribution in [1.29, 1.82) is 0 Å². The molecule has 0 aromatic heterocycles. The lowest BCUT2D eigenvalue weighted by Gasteiger charge is -2.18. The number of carbonyl (C=O) groups is 3. The van der Waals surface area contributed by atoms with Crippen LogP contribution in [0.5, 0.6) is 0 Å². The maximum absolute atomic E-state index is 12.9. The maximum Gasteiger partial charge on any atom is 0.306 e. The summed E-state index contributed by atoms with van der Waals surface area (Å²) in [6.45, 7) is 6.57. The zero-order valence-corrected chi connectivity index (χ0v) is 46.3. The Morgan fingerprint density at radius 3 is 0.886 bits per heavy atom. The highest BCUT2D eigenvalue weighted by Gasteiger charge is 2.19. The zero-order valence-electron chi connectivity index (χ0n) is 46.3. The van der Waals surface area contributed by atoms with Crippen LogP contribution in [0.15, 0.2) is 72.9 Å². The molecule has 6 nitrogen and oxygen atoms in total. The molecule has 0 bridgehead atoms. The van der Waals surface area contributed by atoms with Crippen LogP contribution < -0.4 is 0 Å². The molecule has 70 heavy (non-hydrogen) atoms. The van der Waals surface area contributed by atoms with Crippen LogP contribution in [0.1, 0.15) is 297 Å². The molecule has 6 heteroatoms. The SMILES string of the molecule is CCCC/C=C\C/C=C\CCCCCCCC(=O)OCC(COC(=O)CCCCCCCC/C=C\C/C=C\C/C=C\CCCCC)OC(=O)CCCCCCCCCCC/C=C\CCCCCCCC. The van der Waals surface area contributed by atoms with Gasteiger partial charge in [-0.15, -0.1) is 0 Å². The van der Waals surface area contributed by atoms with Crippen LogP contribution in [-0.4, -0.2) is 37.2 Å². The van der Waals surface area contributed by atoms with E-state index in [1.807, 2.05) is 0 Å². The number of hydrogen-bond acceptors (Lipinski definition) is 6. The topological polar surface area (TPSA) is 78.9 Å². The molecule has 1 atom stereocenters. The van der Waals surface area contributed by atoms with E-state index in [4.69, 9.17) is 14.2 Å². The Hall–Kier alpha value is -3.15. The monoisotopic (exact) mass is 977 g/mol. The van der Waals surface area contributed by atoms with Gasteiger partial charge in [0.2, 0.25) is 0 Å². The van der Waals surface area contributed by atoms with Crippen LogP contribution in [0.4, 0.5) is 0 Å². The molecule has 0 spiro atoms. The van der Waals surface area contributed by atoms with Crippen LogP contribution in [0.3, 0.4) is 0 Å². The van der Waals surface area contributed by atoms with Crippen molar-refractivity contribution in [2.75, 3.05) is 13.2 Å². The second-order valence-corrected chi connectivity index (χ2v) is 19.9. The van der Waals surface area contributed by atoms with Gasteiger partial charge in [0, 0.05) is 19.3 Å². The number of ether oxygens (including phenoxy) is 3. The fourth-order valence-electron chi connectivity index (χ4n) is 8.34. The molecule has 0 aliphatic carbocycles. The van der Waals surface area contributed by atoms with Gasteiger partial charge in [0.1, 0.15) is 13.2 Å². The van der Waals surface area contributed by atoms with Crippen LogP contribution in [-0.2, 0) is 28.6 Å². The smallest absolute Gasteiger partial charge is 0.306 e. The van der Waals surface area contributed by atoms with Crippen molar-refractivity contribution in [3.63, 3.8) is 0 Å². The number of unbranched alkanes of at least 4 members (excludes halogenated alkanes) is 31. The Morgan fingerprint density at radius 1 is 0.286 bits per heavy atom. The normalized spacial score (nSPS) is 12.6. The predicted molar refractivity (Wildman–Crippen MR) is 302 cm³/mol. The van der Waals surface area contributed by atoms with E-state index in [-0.39, 0.29) is 31.1 Å². The third-order valence-electron chi connectivity index (χ3n) is 12.9. The summed E-state index contributed by atoms with van der Waals surface area (Å²) in [5.74, 6) is -0.904. The minimum Gasteiger partial charge on any atom is -0.462 e. The van der Waals surface area contributed by atoms with E-state index in [1.54, 1.807) is 0 Å². The average Bonchev–Trinajstić information content (AvgIpc) is 3.36. The third-order valence-corrected chi connectivity index (χ3v) is 12.9. The van der Waals surface area contributed by atoms with E-state index in [9.17, 15) is 14.4 Å². The van der Waals surface area contributed by atoms with Gasteiger partial charge in [-0.05, 0) is 109 Å². The minimum absolute atomic E-state index is 0.0869. The number of carbonyl (C=O) groups excluding carboxylic acids is 3. The Morgan fingerprint density at radius 2 is 0.529 bits per heavy atom. The molecule has 0 heterocycles. The van der Waals surface area contributed by atoms with Gasteiger partial charge in [0.25, 0.3) is 0 Å². The van der Waals surface area contributed by atoms with Crippen LogP contribution in [0.2, 0.25) is 0 Å². The van der Waals surface area contributed by atoms with Gasteiger partial charge in [-0.25, -0.2) is 0 Å². The lowest BCUT2D eigenvalue weighted by Crippen LogP contribution is -2.30. The molecular weight excluding hydrogens is 865 g/mol. The van der Waals surface area contributed by atoms with Gasteiger partial charge in [-0.1, -0.05) is 241 Å². The molecule has 0 amide bonds. The molecule has 0 aromatic carbocycles. The fourth-order valence-corrected chi connectivity index (χ4v) is 8.34. The first kappa shape index (κ1) is 66.9. The second kappa shape index (κ2) is 58.4. The molecule has 404 valence electrons. The first-order valence-corrected chi connectivity index (χ1v) is 29.9. The van der Waals surface area contributed by atoms with Gasteiger partial charge in [-0.2, -0.15) is 0 Å². The number of allylic oxidation sites excluding steroid dienone is 12. The fraction of sp³-hybridized carbons (Fsp3) is 0.766. The van der Waals surface area contributed by atoms with E-state index in [0.717, 1.165) is 96.3 Å². The summed E-state index contributed by atoms with van der Waals surface area (Å²) in [4.78, 5) is 38.2. The molecule has 0 fully saturated rings. The highest BCUT2D eigenvalue weighted by molar-refractivity contribution is 5.71. The summed E-state index contributed by atoms with van der Waals surface area (Å²) in [6.07, 6.45) is 74.6. The van der Waals surface area contributed by atoms with E-state index in [1.165, 1.54) is 161 Å². The average molecular weight is 978 g/mol. The molecular formula is C64H112O6. The minimum atomic E-state index is -0.788. The standard InChI is InChI=1S/C64H112O6/c1-4-7-10-13-16-19-22-25-28-30-32-34-36-39-42-45-48-51-54-57-63(66)69-60-61(59-68-62(65)56-53-50-47-44-41-38-27-24-21-18-15-12-9-6-3)70-64(67)58-55-52-49-46-43-40-37-35-33-31-29-26-23-20-17-14-11-8-5-2/h15-16,18-19,24-29,32,34,61H,4-14,17,20-23,30-31,33,35-60H2,1-3H3/b18-15-,19-16-,27-24-,28-25-,29-26-,34-32-. The number of hydrogen-bond donors (Lipinski definition) is 0. The van der Waals surface area contributed by atoms with E-state index < -0.39 is 6.10 Å². The van der Waals surface area contributed by atoms with Crippen molar-refractivity contribution in [2.24, 2.45) is 0 Å². The Bertz CT molecular complexity index is 1310. The van der Waals surface area contributed by atoms with Crippen molar-refractivity contribution in [3.05, 3.63) is 72.9 Å². The number of rotatable bonds is 54. The Labute approximate surface area is 433 Å². The van der Waals surface area contributed by atoms with Gasteiger partial charge in [0.15, 0.2) is 6.10 Å². The predicted octanol–water partition coefficient (Wildman–Crippen LogP) is 20.2. The summed E-state index contributed by atoms with van der Waals surface area (Å²) in [7, 11) is 0. The maximum atomic E-state index is 12.9. The van der Waals surface area contributed by atoms with Gasteiger partial charge in [0.05, 0.1) is 0 Å². The third kappa shape index (κ3) is 55.8. The van der Waals surface area contributed by atoms with Crippen LogP contribution in [0.25, 0.3) is 0 Å². The summed E-state index contributed by atoms with van der Waals surface area (Å²) in [5.41, 5.74) is 0. The summed E-state index contributed by atoms with van der Waals surface area (Å²) in [5, 5.41) is 0. The van der Waals surface area contributed by atoms with E-state index >= 15 is 0 Å². The first-order chi connectivity index (χ1) is 34.5. The highest BCUT2D eigenvalue weighted by atomic mass is 16.6. The van der Waals surface area contributed by atoms with E-state index in [2.05, 4.69) is 93.7 Å². The van der Waals surface area contributed by atoms with Crippen molar-refractivity contribution in [2.45, 2.75) is 303 Å². The molecule has 0 radical (unpaired) electrons. The molecule has 0 aliphatic rings. The summed E-state index contributed by atoms with van der Waals surface area (Å²) >= 11 is 0. The zero-order chi connectivity index (χ0) is 50.7. The summed E-state index contributed by atoms with van der Waals surface area (Å²) in [6, 6.07) is 0. The first-order valence-electron chi connectivity index (χ1n) is 29.9. The van der Waals surface area contributed by atoms with E-state index in [0.29, 0.717) is 19.3 Å². The lowest BCUT2D eigenvalue weighted by molar-refractivity contribution is -0.167. The Kier molecular flexibility index (Phi) is 55.8. The molecule has 0 N–H and O–H groups in total. The quantitative estimate of drug-likeness (QED) is 0.0261. The van der Waals surface area contributed by atoms with Gasteiger partial charge < -0.3 is 14.2 Å². The molecule has 0 aromatic rings. The van der Waals surface area contributed by atoms with Gasteiger partial charge in [-0.3, -0.25) is 14.4 Å². The number of esters is 3. The molecule has 0 saturated heterocycles. The van der Waals surface area contributed by atoms with Crippen molar-refractivity contribution in [3.8, 4) is 0 Å². The molecule has 0 aliphatic heterocycles. The lowest BCUT2D eigenvalue weighted by atomic mass is 10.1. The largest absolute Gasteiger partial charge is 0.462 e. The van der Waals surface area contributed by atoms with Crippen LogP contribution in [0, 0.1) is 0 Å². The van der Waals surface area contributed by atoms with Crippen molar-refractivity contribution >= 4 is 17.9 Å². The van der Waals surface area contributed by atoms with Crippen LogP contribution >= 0.6 is 0 Å². The van der Waals surface area contributed by atoms with Gasteiger partial charge >= 0.3 is 17.9 Å². The molecule has 1 unspecified atom stereocenters. The summed E-state index contributed by atoms with van der Waals surface area (Å²) < 4.78 is 16.9. The Balaban J connectivity index is 4.40. The molecule has 0 saturated carbocycles.